The fourth-order valence-electron chi connectivity index (χ4n) is 3.12. The molecule has 0 spiro atoms. The molecule has 1 N–H and O–H groups in total. The Morgan fingerprint density at radius 3 is 2.58 bits per heavy atom. The molecule has 0 aliphatic carbocycles. The molecule has 3 nitrogen and oxygen atoms in total. The first-order valence-electron chi connectivity index (χ1n) is 7.34. The fraction of sp³-hybridized carbons (Fsp3) is 0.867. The van der Waals surface area contributed by atoms with E-state index in [1.807, 2.05) is 0 Å². The number of fused-ring (bicyclic) bond motifs is 1. The van der Waals surface area contributed by atoms with Crippen LogP contribution in [0.3, 0.4) is 0 Å². The van der Waals surface area contributed by atoms with Crippen LogP contribution in [-0.2, 0) is 4.43 Å². The average Bonchev–Trinajstić information content (AvgIpc) is 2.75. The summed E-state index contributed by atoms with van der Waals surface area (Å²) >= 11 is 0. The van der Waals surface area contributed by atoms with Gasteiger partial charge in [-0.15, -0.1) is 0 Å². The van der Waals surface area contributed by atoms with Crippen molar-refractivity contribution in [2.75, 3.05) is 19.7 Å². The van der Waals surface area contributed by atoms with Crippen LogP contribution in [0.4, 0.5) is 0 Å². The van der Waals surface area contributed by atoms with E-state index in [0.717, 1.165) is 25.9 Å². The van der Waals surface area contributed by atoms with Gasteiger partial charge >= 0.3 is 0 Å². The Morgan fingerprint density at radius 2 is 2.11 bits per heavy atom. The van der Waals surface area contributed by atoms with Gasteiger partial charge in [0.1, 0.15) is 0 Å². The van der Waals surface area contributed by atoms with Crippen molar-refractivity contribution in [3.05, 3.63) is 12.2 Å². The SMILES string of the molecule is C=C1CCN2CC(O[Si](C)(C)C(C)(C)C)CC12CO. The van der Waals surface area contributed by atoms with E-state index in [9.17, 15) is 5.11 Å². The van der Waals surface area contributed by atoms with Gasteiger partial charge in [0.15, 0.2) is 8.32 Å². The van der Waals surface area contributed by atoms with Crippen LogP contribution in [0.2, 0.25) is 18.1 Å². The lowest BCUT2D eigenvalue weighted by atomic mass is 9.90. The van der Waals surface area contributed by atoms with Crippen molar-refractivity contribution in [1.82, 2.24) is 4.90 Å². The first-order valence-corrected chi connectivity index (χ1v) is 10.3. The molecule has 0 radical (unpaired) electrons. The summed E-state index contributed by atoms with van der Waals surface area (Å²) in [6, 6.07) is 0. The fourth-order valence-corrected chi connectivity index (χ4v) is 4.46. The molecule has 110 valence electrons. The van der Waals surface area contributed by atoms with Crippen LogP contribution >= 0.6 is 0 Å². The first-order chi connectivity index (χ1) is 8.62. The van der Waals surface area contributed by atoms with Crippen LogP contribution in [0.1, 0.15) is 33.6 Å². The number of aliphatic hydroxyl groups is 1. The predicted molar refractivity (Wildman–Crippen MR) is 81.8 cm³/mol. The quantitative estimate of drug-likeness (QED) is 0.638. The third kappa shape index (κ3) is 2.44. The van der Waals surface area contributed by atoms with Crippen molar-refractivity contribution < 1.29 is 9.53 Å². The lowest BCUT2D eigenvalue weighted by Gasteiger charge is -2.38. The van der Waals surface area contributed by atoms with Crippen LogP contribution in [-0.4, -0.2) is 49.7 Å². The first kappa shape index (κ1) is 15.2. The molecule has 2 unspecified atom stereocenters. The molecule has 0 aromatic carbocycles. The highest BCUT2D eigenvalue weighted by molar-refractivity contribution is 6.74. The second-order valence-electron chi connectivity index (χ2n) is 7.69. The summed E-state index contributed by atoms with van der Waals surface area (Å²) in [5, 5.41) is 10.1. The van der Waals surface area contributed by atoms with Crippen molar-refractivity contribution in [2.24, 2.45) is 0 Å². The molecular formula is C15H29NO2Si. The monoisotopic (exact) mass is 283 g/mol. The van der Waals surface area contributed by atoms with E-state index < -0.39 is 8.32 Å². The van der Waals surface area contributed by atoms with Crippen LogP contribution in [0.15, 0.2) is 12.2 Å². The highest BCUT2D eigenvalue weighted by Gasteiger charge is 2.52. The largest absolute Gasteiger partial charge is 0.413 e. The summed E-state index contributed by atoms with van der Waals surface area (Å²) in [5.74, 6) is 0. The van der Waals surface area contributed by atoms with Gasteiger partial charge in [0, 0.05) is 13.1 Å². The van der Waals surface area contributed by atoms with Crippen molar-refractivity contribution in [1.29, 1.82) is 0 Å². The van der Waals surface area contributed by atoms with Gasteiger partial charge in [-0.2, -0.15) is 0 Å². The van der Waals surface area contributed by atoms with Crippen molar-refractivity contribution in [2.45, 2.75) is 63.4 Å². The van der Waals surface area contributed by atoms with Gasteiger partial charge in [-0.25, -0.2) is 0 Å². The minimum absolute atomic E-state index is 0.184. The molecule has 4 heteroatoms. The number of hydrogen-bond acceptors (Lipinski definition) is 3. The van der Waals surface area contributed by atoms with E-state index in [-0.39, 0.29) is 23.3 Å². The molecule has 0 bridgehead atoms. The maximum absolute atomic E-state index is 9.83. The normalized spacial score (nSPS) is 32.9. The molecule has 2 saturated heterocycles. The van der Waals surface area contributed by atoms with E-state index in [0.29, 0.717) is 0 Å². The number of rotatable bonds is 3. The lowest BCUT2D eigenvalue weighted by molar-refractivity contribution is 0.123. The molecule has 2 aliphatic heterocycles. The van der Waals surface area contributed by atoms with Gasteiger partial charge in [0.05, 0.1) is 18.2 Å². The van der Waals surface area contributed by atoms with E-state index in [1.165, 1.54) is 5.57 Å². The summed E-state index contributed by atoms with van der Waals surface area (Å²) in [5.41, 5.74) is 1.00. The minimum Gasteiger partial charge on any atom is -0.413 e. The zero-order chi connectivity index (χ0) is 14.5. The summed E-state index contributed by atoms with van der Waals surface area (Å²) in [7, 11) is -1.72. The summed E-state index contributed by atoms with van der Waals surface area (Å²) < 4.78 is 6.52. The van der Waals surface area contributed by atoms with E-state index in [1.54, 1.807) is 0 Å². The number of hydrogen-bond donors (Lipinski definition) is 1. The molecule has 2 aliphatic rings. The zero-order valence-corrected chi connectivity index (χ0v) is 14.1. The summed E-state index contributed by atoms with van der Waals surface area (Å²) in [4.78, 5) is 2.38. The van der Waals surface area contributed by atoms with Gasteiger partial charge in [-0.3, -0.25) is 4.90 Å². The maximum atomic E-state index is 9.83. The summed E-state index contributed by atoms with van der Waals surface area (Å²) in [6.07, 6.45) is 2.19. The van der Waals surface area contributed by atoms with Crippen LogP contribution < -0.4 is 0 Å². The molecule has 0 amide bonds. The minimum atomic E-state index is -1.72. The smallest absolute Gasteiger partial charge is 0.192 e. The van der Waals surface area contributed by atoms with Gasteiger partial charge in [-0.1, -0.05) is 32.9 Å². The molecule has 0 aromatic heterocycles. The molecule has 2 fully saturated rings. The number of aliphatic hydroxyl groups excluding tert-OH is 1. The Balaban J connectivity index is 2.09. The van der Waals surface area contributed by atoms with Gasteiger partial charge in [0.2, 0.25) is 0 Å². The third-order valence-electron chi connectivity index (χ3n) is 5.47. The van der Waals surface area contributed by atoms with E-state index >= 15 is 0 Å². The zero-order valence-electron chi connectivity index (χ0n) is 13.1. The second kappa shape index (κ2) is 4.69. The standard InChI is InChI=1S/C15H29NO2Si/c1-12-7-8-16-10-13(9-15(12,16)11-17)18-19(5,6)14(2,3)4/h13,17H,1,7-11H2,2-6H3. The second-order valence-corrected chi connectivity index (χ2v) is 12.4. The van der Waals surface area contributed by atoms with Crippen LogP contribution in [0, 0.1) is 0 Å². The molecule has 0 saturated carbocycles. The maximum Gasteiger partial charge on any atom is 0.192 e. The van der Waals surface area contributed by atoms with E-state index in [2.05, 4.69) is 45.3 Å². The Kier molecular flexibility index (Phi) is 3.76. The van der Waals surface area contributed by atoms with Crippen molar-refractivity contribution in [3.8, 4) is 0 Å². The van der Waals surface area contributed by atoms with Gasteiger partial charge in [-0.05, 0) is 31.0 Å². The van der Waals surface area contributed by atoms with E-state index in [4.69, 9.17) is 4.43 Å². The van der Waals surface area contributed by atoms with Crippen molar-refractivity contribution >= 4 is 8.32 Å². The molecule has 2 atom stereocenters. The predicted octanol–water partition coefficient (Wildman–Crippen LogP) is 2.77. The molecule has 0 aromatic rings. The number of nitrogens with zero attached hydrogens (tertiary/aromatic N) is 1. The Bertz CT molecular complexity index is 375. The molecule has 19 heavy (non-hydrogen) atoms. The average molecular weight is 283 g/mol. The topological polar surface area (TPSA) is 32.7 Å². The van der Waals surface area contributed by atoms with Crippen LogP contribution in [0.25, 0.3) is 0 Å². The Morgan fingerprint density at radius 1 is 1.47 bits per heavy atom. The summed E-state index contributed by atoms with van der Waals surface area (Å²) in [6.45, 7) is 17.8. The highest BCUT2D eigenvalue weighted by Crippen LogP contribution is 2.45. The van der Waals surface area contributed by atoms with Gasteiger partial charge < -0.3 is 9.53 Å². The van der Waals surface area contributed by atoms with Crippen molar-refractivity contribution in [3.63, 3.8) is 0 Å². The lowest BCUT2D eigenvalue weighted by Crippen LogP contribution is -2.44. The molecule has 2 rings (SSSR count). The molecular weight excluding hydrogens is 254 g/mol. The molecule has 2 heterocycles. The Hall–Kier alpha value is -0.163. The van der Waals surface area contributed by atoms with Crippen LogP contribution in [0.5, 0.6) is 0 Å². The Labute approximate surface area is 118 Å². The highest BCUT2D eigenvalue weighted by atomic mass is 28.4. The third-order valence-corrected chi connectivity index (χ3v) is 10.0. The van der Waals surface area contributed by atoms with Gasteiger partial charge in [0.25, 0.3) is 0 Å².